The van der Waals surface area contributed by atoms with Crippen molar-refractivity contribution >= 4 is 29.1 Å². The highest BCUT2D eigenvalue weighted by Crippen LogP contribution is 2.30. The SMILES string of the molecule is Cc1c(Nc2ccc(C(=O)NC3=NCCCN3)cc2C(C)C)cccc1C(=O)NCCC(C)C. The minimum atomic E-state index is -0.183. The summed E-state index contributed by atoms with van der Waals surface area (Å²) in [6.07, 6.45) is 1.92. The summed E-state index contributed by atoms with van der Waals surface area (Å²) in [5.74, 6) is 1.03. The number of guanidine groups is 1. The maximum absolute atomic E-state index is 12.8. The maximum Gasteiger partial charge on any atom is 0.257 e. The highest BCUT2D eigenvalue weighted by atomic mass is 16.2. The molecule has 2 aromatic carbocycles. The molecule has 34 heavy (non-hydrogen) atoms. The van der Waals surface area contributed by atoms with E-state index in [1.165, 1.54) is 0 Å². The van der Waals surface area contributed by atoms with E-state index in [0.29, 0.717) is 29.5 Å². The third kappa shape index (κ3) is 6.59. The van der Waals surface area contributed by atoms with E-state index in [-0.39, 0.29) is 17.7 Å². The lowest BCUT2D eigenvalue weighted by molar-refractivity contribution is 0.0948. The van der Waals surface area contributed by atoms with Crippen molar-refractivity contribution in [2.75, 3.05) is 25.0 Å². The van der Waals surface area contributed by atoms with E-state index in [2.05, 4.69) is 54.0 Å². The van der Waals surface area contributed by atoms with Crippen LogP contribution in [0.2, 0.25) is 0 Å². The molecular weight excluding hydrogens is 426 g/mol. The third-order valence-electron chi connectivity index (χ3n) is 5.92. The summed E-state index contributed by atoms with van der Waals surface area (Å²) in [6, 6.07) is 11.4. The van der Waals surface area contributed by atoms with Crippen LogP contribution in [0.1, 0.15) is 78.3 Å². The summed E-state index contributed by atoms with van der Waals surface area (Å²) in [6.45, 7) is 12.6. The van der Waals surface area contributed by atoms with E-state index < -0.39 is 0 Å². The van der Waals surface area contributed by atoms with E-state index in [1.54, 1.807) is 0 Å². The lowest BCUT2D eigenvalue weighted by atomic mass is 9.97. The van der Waals surface area contributed by atoms with Crippen LogP contribution in [0.3, 0.4) is 0 Å². The second-order valence-electron chi connectivity index (χ2n) is 9.46. The number of rotatable bonds is 8. The lowest BCUT2D eigenvalue weighted by Crippen LogP contribution is -2.43. The summed E-state index contributed by atoms with van der Waals surface area (Å²) < 4.78 is 0. The van der Waals surface area contributed by atoms with Gasteiger partial charge >= 0.3 is 0 Å². The van der Waals surface area contributed by atoms with Gasteiger partial charge < -0.3 is 16.0 Å². The minimum absolute atomic E-state index is 0.0582. The van der Waals surface area contributed by atoms with Crippen LogP contribution < -0.4 is 21.3 Å². The van der Waals surface area contributed by atoms with Crippen molar-refractivity contribution < 1.29 is 9.59 Å². The van der Waals surface area contributed by atoms with E-state index in [1.807, 2.05) is 43.3 Å². The molecule has 0 saturated heterocycles. The van der Waals surface area contributed by atoms with Gasteiger partial charge in [-0.25, -0.2) is 0 Å². The molecule has 0 aromatic heterocycles. The average molecular weight is 464 g/mol. The van der Waals surface area contributed by atoms with Gasteiger partial charge in [-0.3, -0.25) is 19.9 Å². The fourth-order valence-corrected chi connectivity index (χ4v) is 3.82. The Balaban J connectivity index is 1.79. The summed E-state index contributed by atoms with van der Waals surface area (Å²) in [4.78, 5) is 29.8. The molecule has 0 saturated carbocycles. The molecule has 1 aliphatic rings. The fraction of sp³-hybridized carbons (Fsp3) is 0.444. The Morgan fingerprint density at radius 1 is 1.06 bits per heavy atom. The molecule has 0 atom stereocenters. The van der Waals surface area contributed by atoms with E-state index in [0.717, 1.165) is 48.4 Å². The number of benzene rings is 2. The summed E-state index contributed by atoms with van der Waals surface area (Å²) >= 11 is 0. The number of anilines is 2. The van der Waals surface area contributed by atoms with Crippen molar-refractivity contribution in [3.8, 4) is 0 Å². The van der Waals surface area contributed by atoms with Gasteiger partial charge in [0.05, 0.1) is 0 Å². The number of hydrogen-bond donors (Lipinski definition) is 4. The highest BCUT2D eigenvalue weighted by molar-refractivity contribution is 6.06. The smallest absolute Gasteiger partial charge is 0.257 e. The Labute approximate surface area is 202 Å². The van der Waals surface area contributed by atoms with Gasteiger partial charge in [-0.05, 0) is 73.1 Å². The predicted molar refractivity (Wildman–Crippen MR) is 139 cm³/mol. The first-order chi connectivity index (χ1) is 16.3. The summed E-state index contributed by atoms with van der Waals surface area (Å²) in [7, 11) is 0. The zero-order chi connectivity index (χ0) is 24.7. The first kappa shape index (κ1) is 25.3. The van der Waals surface area contributed by atoms with Crippen LogP contribution in [0.25, 0.3) is 0 Å². The van der Waals surface area contributed by atoms with Crippen molar-refractivity contribution in [3.63, 3.8) is 0 Å². The molecule has 3 rings (SSSR count). The molecule has 0 spiro atoms. The van der Waals surface area contributed by atoms with Gasteiger partial charge in [-0.1, -0.05) is 33.8 Å². The molecule has 0 fully saturated rings. The Morgan fingerprint density at radius 3 is 2.53 bits per heavy atom. The van der Waals surface area contributed by atoms with Gasteiger partial charge in [-0.15, -0.1) is 0 Å². The second-order valence-corrected chi connectivity index (χ2v) is 9.46. The largest absolute Gasteiger partial charge is 0.356 e. The monoisotopic (exact) mass is 463 g/mol. The molecule has 1 heterocycles. The Bertz CT molecular complexity index is 1060. The number of nitrogens with one attached hydrogen (secondary N) is 4. The molecular formula is C27H37N5O2. The van der Waals surface area contributed by atoms with Crippen LogP contribution in [0, 0.1) is 12.8 Å². The number of carbonyl (C=O) groups excluding carboxylic acids is 2. The molecule has 0 aliphatic carbocycles. The quantitative estimate of drug-likeness (QED) is 0.456. The molecule has 0 radical (unpaired) electrons. The topological polar surface area (TPSA) is 94.6 Å². The van der Waals surface area contributed by atoms with Gasteiger partial charge in [0, 0.05) is 42.1 Å². The molecule has 7 nitrogen and oxygen atoms in total. The van der Waals surface area contributed by atoms with Gasteiger partial charge in [0.25, 0.3) is 11.8 Å². The van der Waals surface area contributed by atoms with Crippen molar-refractivity contribution in [1.29, 1.82) is 0 Å². The Morgan fingerprint density at radius 2 is 1.85 bits per heavy atom. The van der Waals surface area contributed by atoms with Crippen LogP contribution in [-0.2, 0) is 0 Å². The van der Waals surface area contributed by atoms with Gasteiger partial charge in [0.2, 0.25) is 0 Å². The van der Waals surface area contributed by atoms with Gasteiger partial charge in [-0.2, -0.15) is 0 Å². The predicted octanol–water partition coefficient (Wildman–Crippen LogP) is 4.72. The molecule has 0 unspecified atom stereocenters. The first-order valence-electron chi connectivity index (χ1n) is 12.1. The summed E-state index contributed by atoms with van der Waals surface area (Å²) in [5, 5.41) is 12.5. The number of hydrogen-bond acceptors (Lipinski definition) is 5. The van der Waals surface area contributed by atoms with E-state index in [9.17, 15) is 9.59 Å². The molecule has 2 amide bonds. The average Bonchev–Trinajstić information content (AvgIpc) is 2.80. The number of carbonyl (C=O) groups is 2. The summed E-state index contributed by atoms with van der Waals surface area (Å²) in [5.41, 5.74) is 4.95. The zero-order valence-corrected chi connectivity index (χ0v) is 20.9. The van der Waals surface area contributed by atoms with Crippen LogP contribution in [0.15, 0.2) is 41.4 Å². The van der Waals surface area contributed by atoms with Gasteiger partial charge in [0.1, 0.15) is 0 Å². The van der Waals surface area contributed by atoms with Crippen LogP contribution in [0.5, 0.6) is 0 Å². The molecule has 4 N–H and O–H groups in total. The van der Waals surface area contributed by atoms with Crippen molar-refractivity contribution in [3.05, 3.63) is 58.7 Å². The number of nitrogens with zero attached hydrogens (tertiary/aromatic N) is 1. The standard InChI is InChI=1S/C27H37N5O2/c1-17(2)12-15-28-26(34)21-8-6-9-23(19(21)5)31-24-11-10-20(16-22(24)18(3)4)25(33)32-27-29-13-7-14-30-27/h6,8-11,16-18,31H,7,12-15H2,1-5H3,(H,28,34)(H2,29,30,32,33). The van der Waals surface area contributed by atoms with Crippen LogP contribution >= 0.6 is 0 Å². The van der Waals surface area contributed by atoms with Crippen LogP contribution in [-0.4, -0.2) is 37.4 Å². The zero-order valence-electron chi connectivity index (χ0n) is 20.9. The maximum atomic E-state index is 12.8. The normalized spacial score (nSPS) is 13.3. The first-order valence-corrected chi connectivity index (χ1v) is 12.1. The number of amides is 2. The van der Waals surface area contributed by atoms with Crippen molar-refractivity contribution in [2.45, 2.75) is 53.4 Å². The lowest BCUT2D eigenvalue weighted by Gasteiger charge is -2.19. The van der Waals surface area contributed by atoms with Crippen molar-refractivity contribution in [2.24, 2.45) is 10.9 Å². The third-order valence-corrected chi connectivity index (χ3v) is 5.92. The molecule has 0 bridgehead atoms. The Kier molecular flexibility index (Phi) is 8.68. The van der Waals surface area contributed by atoms with Crippen LogP contribution in [0.4, 0.5) is 11.4 Å². The minimum Gasteiger partial charge on any atom is -0.356 e. The molecule has 7 heteroatoms. The molecule has 182 valence electrons. The van der Waals surface area contributed by atoms with E-state index >= 15 is 0 Å². The molecule has 1 aliphatic heterocycles. The fourth-order valence-electron chi connectivity index (χ4n) is 3.82. The number of aliphatic imine (C=N–C) groups is 1. The van der Waals surface area contributed by atoms with Crippen molar-refractivity contribution in [1.82, 2.24) is 16.0 Å². The Hall–Kier alpha value is -3.35. The second kappa shape index (κ2) is 11.7. The highest BCUT2D eigenvalue weighted by Gasteiger charge is 2.17. The van der Waals surface area contributed by atoms with E-state index in [4.69, 9.17) is 0 Å². The molecule has 2 aromatic rings. The van der Waals surface area contributed by atoms with Gasteiger partial charge in [0.15, 0.2) is 5.96 Å².